The highest BCUT2D eigenvalue weighted by Gasteiger charge is 2.36. The van der Waals surface area contributed by atoms with Crippen molar-refractivity contribution in [3.8, 4) is 11.1 Å². The molecule has 2 atom stereocenters. The molecule has 0 unspecified atom stereocenters. The van der Waals surface area contributed by atoms with Gasteiger partial charge in [0.25, 0.3) is 0 Å². The number of β-amino-alcohol motifs (C(OH)–C–C–N with tert-alkyl or cyclic N) is 1. The van der Waals surface area contributed by atoms with E-state index in [9.17, 15) is 9.90 Å². The molecule has 1 amide bonds. The molecular formula is C30H41NO4. The Morgan fingerprint density at radius 3 is 2.40 bits per heavy atom. The molecule has 0 aliphatic carbocycles. The van der Waals surface area contributed by atoms with Crippen molar-refractivity contribution in [1.82, 2.24) is 4.90 Å². The number of benzene rings is 2. The molecule has 2 aromatic carbocycles. The first-order valence-electron chi connectivity index (χ1n) is 12.9. The monoisotopic (exact) mass is 479 g/mol. The normalized spacial score (nSPS) is 18.3. The number of unbranched alkanes of at least 4 members (excludes halogenated alkanes) is 4. The lowest BCUT2D eigenvalue weighted by atomic mass is 10.0. The molecular weight excluding hydrogens is 438 g/mol. The summed E-state index contributed by atoms with van der Waals surface area (Å²) in [5.41, 5.74) is 3.17. The average Bonchev–Trinajstić information content (AvgIpc) is 3.21. The molecule has 0 spiro atoms. The lowest BCUT2D eigenvalue weighted by molar-refractivity contribution is 0.00955. The van der Waals surface area contributed by atoms with Gasteiger partial charge in [0.2, 0.25) is 0 Å². The van der Waals surface area contributed by atoms with Crippen molar-refractivity contribution in [1.29, 1.82) is 0 Å². The number of carbonyl (C=O) groups excluding carboxylic acids is 1. The predicted octanol–water partition coefficient (Wildman–Crippen LogP) is 6.70. The summed E-state index contributed by atoms with van der Waals surface area (Å²) in [7, 11) is 0. The van der Waals surface area contributed by atoms with E-state index in [1.54, 1.807) is 4.90 Å². The third-order valence-electron chi connectivity index (χ3n) is 6.07. The van der Waals surface area contributed by atoms with Crippen LogP contribution in [0, 0.1) is 0 Å². The molecule has 1 aliphatic rings. The number of aliphatic hydroxyl groups is 1. The number of allylic oxidation sites excluding steroid dienone is 1. The summed E-state index contributed by atoms with van der Waals surface area (Å²) >= 11 is 0. The zero-order valence-electron chi connectivity index (χ0n) is 21.5. The van der Waals surface area contributed by atoms with Gasteiger partial charge in [-0.1, -0.05) is 79.6 Å². The van der Waals surface area contributed by atoms with Gasteiger partial charge < -0.3 is 19.5 Å². The smallest absolute Gasteiger partial charge is 0.410 e. The van der Waals surface area contributed by atoms with Crippen LogP contribution in [0.3, 0.4) is 0 Å². The Kier molecular flexibility index (Phi) is 10.4. The Balaban J connectivity index is 1.25. The number of rotatable bonds is 11. The largest absolute Gasteiger partial charge is 0.444 e. The second-order valence-electron chi connectivity index (χ2n) is 10.3. The number of ether oxygens (including phenoxy) is 2. The minimum atomic E-state index is -0.543. The first-order valence-corrected chi connectivity index (χ1v) is 12.9. The zero-order valence-corrected chi connectivity index (χ0v) is 21.5. The molecule has 5 nitrogen and oxygen atoms in total. The topological polar surface area (TPSA) is 59.0 Å². The number of likely N-dealkylation sites (tertiary alicyclic amines) is 1. The number of nitrogens with zero attached hydrogens (tertiary/aromatic N) is 1. The minimum absolute atomic E-state index is 0.119. The van der Waals surface area contributed by atoms with Crippen LogP contribution >= 0.6 is 0 Å². The minimum Gasteiger partial charge on any atom is -0.444 e. The van der Waals surface area contributed by atoms with E-state index in [1.165, 1.54) is 29.5 Å². The van der Waals surface area contributed by atoms with Crippen LogP contribution in [0.25, 0.3) is 17.2 Å². The molecule has 0 saturated carbocycles. The summed E-state index contributed by atoms with van der Waals surface area (Å²) in [6.07, 6.45) is 9.66. The molecule has 3 rings (SSSR count). The van der Waals surface area contributed by atoms with Gasteiger partial charge >= 0.3 is 6.09 Å². The van der Waals surface area contributed by atoms with Gasteiger partial charge in [-0.2, -0.15) is 0 Å². The summed E-state index contributed by atoms with van der Waals surface area (Å²) in [6.45, 7) is 6.99. The molecule has 0 radical (unpaired) electrons. The van der Waals surface area contributed by atoms with E-state index < -0.39 is 11.7 Å². The van der Waals surface area contributed by atoms with Crippen molar-refractivity contribution in [2.75, 3.05) is 19.8 Å². The van der Waals surface area contributed by atoms with Gasteiger partial charge in [0.1, 0.15) is 5.60 Å². The SMILES string of the molecule is CC(C)(C)OC(=O)N1C[C@H](O)C[C@H]1COCCCCCC/C=C/c1ccc(-c2ccccc2)cc1. The molecule has 2 aromatic rings. The standard InChI is InChI=1S/C30H41NO4/c1-30(2,3)35-29(33)31-22-28(32)21-27(31)23-34-20-12-7-5-4-6-9-13-24-16-18-26(19-17-24)25-14-10-8-11-15-25/h8-11,13-19,27-28,32H,4-7,12,20-23H2,1-3H3/b13-9+/t27-,28+/m0/s1. The summed E-state index contributed by atoms with van der Waals surface area (Å²) < 4.78 is 11.3. The molecule has 5 heteroatoms. The Hall–Kier alpha value is -2.63. The van der Waals surface area contributed by atoms with Crippen molar-refractivity contribution in [3.63, 3.8) is 0 Å². The van der Waals surface area contributed by atoms with Crippen LogP contribution in [-0.4, -0.2) is 53.6 Å². The average molecular weight is 480 g/mol. The van der Waals surface area contributed by atoms with Gasteiger partial charge in [0, 0.05) is 6.61 Å². The van der Waals surface area contributed by atoms with E-state index in [2.05, 4.69) is 60.7 Å². The number of hydrogen-bond acceptors (Lipinski definition) is 4. The molecule has 1 aliphatic heterocycles. The lowest BCUT2D eigenvalue weighted by Crippen LogP contribution is -2.42. The van der Waals surface area contributed by atoms with Crippen molar-refractivity contribution in [2.45, 2.75) is 77.0 Å². The Bertz CT molecular complexity index is 918. The molecule has 35 heavy (non-hydrogen) atoms. The third kappa shape index (κ3) is 9.50. The van der Waals surface area contributed by atoms with E-state index in [0.717, 1.165) is 19.3 Å². The summed E-state index contributed by atoms with van der Waals surface area (Å²) in [5, 5.41) is 9.98. The van der Waals surface area contributed by atoms with Gasteiger partial charge in [-0.3, -0.25) is 0 Å². The number of hydrogen-bond donors (Lipinski definition) is 1. The Morgan fingerprint density at radius 1 is 1.00 bits per heavy atom. The molecule has 0 bridgehead atoms. The number of carbonyl (C=O) groups is 1. The summed E-state index contributed by atoms with van der Waals surface area (Å²) in [4.78, 5) is 14.0. The Morgan fingerprint density at radius 2 is 1.69 bits per heavy atom. The van der Waals surface area contributed by atoms with Crippen LogP contribution in [0.15, 0.2) is 60.7 Å². The van der Waals surface area contributed by atoms with Crippen molar-refractivity contribution in [3.05, 3.63) is 66.2 Å². The zero-order chi connectivity index (χ0) is 25.1. The van der Waals surface area contributed by atoms with E-state index in [0.29, 0.717) is 26.2 Å². The van der Waals surface area contributed by atoms with E-state index in [-0.39, 0.29) is 12.1 Å². The van der Waals surface area contributed by atoms with E-state index in [4.69, 9.17) is 9.47 Å². The van der Waals surface area contributed by atoms with Crippen LogP contribution < -0.4 is 0 Å². The van der Waals surface area contributed by atoms with Gasteiger partial charge in [-0.25, -0.2) is 4.79 Å². The van der Waals surface area contributed by atoms with Gasteiger partial charge in [0.15, 0.2) is 0 Å². The summed E-state index contributed by atoms with van der Waals surface area (Å²) in [6, 6.07) is 19.0. The van der Waals surface area contributed by atoms with Crippen LogP contribution in [0.2, 0.25) is 0 Å². The first-order chi connectivity index (χ1) is 16.8. The van der Waals surface area contributed by atoms with Crippen LogP contribution in [-0.2, 0) is 9.47 Å². The fourth-order valence-electron chi connectivity index (χ4n) is 4.27. The Labute approximate surface area is 210 Å². The van der Waals surface area contributed by atoms with Crippen molar-refractivity contribution >= 4 is 12.2 Å². The van der Waals surface area contributed by atoms with Gasteiger partial charge in [-0.05, 0) is 63.1 Å². The maximum Gasteiger partial charge on any atom is 0.410 e. The molecule has 190 valence electrons. The molecule has 1 fully saturated rings. The molecule has 1 heterocycles. The first kappa shape index (κ1) is 27.0. The maximum atomic E-state index is 12.4. The maximum absolute atomic E-state index is 12.4. The second kappa shape index (κ2) is 13.5. The number of amides is 1. The highest BCUT2D eigenvalue weighted by atomic mass is 16.6. The quantitative estimate of drug-likeness (QED) is 0.364. The van der Waals surface area contributed by atoms with Crippen LogP contribution in [0.1, 0.15) is 64.9 Å². The third-order valence-corrected chi connectivity index (χ3v) is 6.07. The fourth-order valence-corrected chi connectivity index (χ4v) is 4.27. The van der Waals surface area contributed by atoms with Crippen LogP contribution in [0.4, 0.5) is 4.79 Å². The molecule has 1 N–H and O–H groups in total. The lowest BCUT2D eigenvalue weighted by Gasteiger charge is -2.28. The van der Waals surface area contributed by atoms with E-state index >= 15 is 0 Å². The molecule has 0 aromatic heterocycles. The van der Waals surface area contributed by atoms with Gasteiger partial charge in [-0.15, -0.1) is 0 Å². The van der Waals surface area contributed by atoms with E-state index in [1.807, 2.05) is 26.8 Å². The number of aliphatic hydroxyl groups excluding tert-OH is 1. The highest BCUT2D eigenvalue weighted by Crippen LogP contribution is 2.22. The fraction of sp³-hybridized carbons (Fsp3) is 0.500. The van der Waals surface area contributed by atoms with Crippen molar-refractivity contribution < 1.29 is 19.4 Å². The van der Waals surface area contributed by atoms with Crippen molar-refractivity contribution in [2.24, 2.45) is 0 Å². The van der Waals surface area contributed by atoms with Crippen LogP contribution in [0.5, 0.6) is 0 Å². The predicted molar refractivity (Wildman–Crippen MR) is 142 cm³/mol. The molecule has 1 saturated heterocycles. The second-order valence-corrected chi connectivity index (χ2v) is 10.3. The summed E-state index contributed by atoms with van der Waals surface area (Å²) in [5.74, 6) is 0. The highest BCUT2D eigenvalue weighted by molar-refractivity contribution is 5.69. The van der Waals surface area contributed by atoms with Gasteiger partial charge in [0.05, 0.1) is 25.3 Å².